The summed E-state index contributed by atoms with van der Waals surface area (Å²) in [4.78, 5) is 5.81. The zero-order valence-corrected chi connectivity index (χ0v) is 11.3. The van der Waals surface area contributed by atoms with Crippen molar-refractivity contribution < 1.29 is 0 Å². The molecular weight excluding hydrogens is 220 g/mol. The molecule has 1 atom stereocenters. The van der Waals surface area contributed by atoms with Crippen molar-refractivity contribution in [1.29, 1.82) is 0 Å². The van der Waals surface area contributed by atoms with Gasteiger partial charge in [0.1, 0.15) is 0 Å². The Bertz CT molecular complexity index is 606. The summed E-state index contributed by atoms with van der Waals surface area (Å²) >= 11 is 0. The van der Waals surface area contributed by atoms with Gasteiger partial charge in [-0.1, -0.05) is 23.8 Å². The van der Waals surface area contributed by atoms with Gasteiger partial charge >= 0.3 is 0 Å². The first kappa shape index (κ1) is 11.5. The summed E-state index contributed by atoms with van der Waals surface area (Å²) in [6, 6.07) is 9.18. The summed E-state index contributed by atoms with van der Waals surface area (Å²) in [7, 11) is 2.21. The van der Waals surface area contributed by atoms with Crippen LogP contribution in [0.1, 0.15) is 25.8 Å². The molecule has 0 unspecified atom stereocenters. The Morgan fingerprint density at radius 3 is 2.89 bits per heavy atom. The van der Waals surface area contributed by atoms with Crippen LogP contribution in [0.4, 0.5) is 0 Å². The first-order valence-electron chi connectivity index (χ1n) is 6.62. The number of H-pyrrole nitrogens is 1. The molecule has 2 nitrogen and oxygen atoms in total. The van der Waals surface area contributed by atoms with Gasteiger partial charge in [0.25, 0.3) is 0 Å². The predicted octanol–water partition coefficient (Wildman–Crippen LogP) is 3.67. The van der Waals surface area contributed by atoms with Gasteiger partial charge in [-0.05, 0) is 39.0 Å². The number of benzene rings is 1. The van der Waals surface area contributed by atoms with Gasteiger partial charge in [-0.2, -0.15) is 0 Å². The van der Waals surface area contributed by atoms with Crippen molar-refractivity contribution >= 4 is 16.5 Å². The van der Waals surface area contributed by atoms with Gasteiger partial charge < -0.3 is 4.98 Å². The highest BCUT2D eigenvalue weighted by atomic mass is 15.1. The summed E-state index contributed by atoms with van der Waals surface area (Å²) in [6.07, 6.45) is 3.31. The Morgan fingerprint density at radius 2 is 2.06 bits per heavy atom. The van der Waals surface area contributed by atoms with E-state index in [-0.39, 0.29) is 0 Å². The van der Waals surface area contributed by atoms with E-state index in [1.165, 1.54) is 27.6 Å². The van der Waals surface area contributed by atoms with Crippen molar-refractivity contribution in [3.05, 3.63) is 41.6 Å². The van der Waals surface area contributed by atoms with Crippen LogP contribution in [-0.2, 0) is 0 Å². The van der Waals surface area contributed by atoms with Crippen LogP contribution in [0.25, 0.3) is 16.5 Å². The number of hydrogen-bond acceptors (Lipinski definition) is 1. The van der Waals surface area contributed by atoms with Crippen LogP contribution in [0.2, 0.25) is 0 Å². The maximum absolute atomic E-state index is 3.38. The second-order valence-corrected chi connectivity index (χ2v) is 5.48. The van der Waals surface area contributed by atoms with Gasteiger partial charge in [0, 0.05) is 35.2 Å². The second-order valence-electron chi connectivity index (χ2n) is 5.48. The molecule has 0 bridgehead atoms. The maximum atomic E-state index is 3.38. The Kier molecular flexibility index (Phi) is 2.75. The smallest absolute Gasteiger partial charge is 0.0460 e. The lowest BCUT2D eigenvalue weighted by atomic mass is 9.90. The molecule has 2 heterocycles. The average Bonchev–Trinajstić information content (AvgIpc) is 2.78. The molecule has 0 fully saturated rings. The number of nitrogens with one attached hydrogen (secondary N) is 1. The summed E-state index contributed by atoms with van der Waals surface area (Å²) in [5.74, 6) is 0. The van der Waals surface area contributed by atoms with Crippen molar-refractivity contribution in [1.82, 2.24) is 9.88 Å². The lowest BCUT2D eigenvalue weighted by molar-refractivity contribution is 0.271. The number of para-hydroxylation sites is 1. The van der Waals surface area contributed by atoms with Crippen LogP contribution in [-0.4, -0.2) is 29.5 Å². The third kappa shape index (κ3) is 1.77. The number of fused-ring (bicyclic) bond motifs is 1. The number of rotatable bonds is 1. The van der Waals surface area contributed by atoms with Crippen molar-refractivity contribution in [3.63, 3.8) is 0 Å². The normalized spacial score (nSPS) is 21.8. The zero-order valence-electron chi connectivity index (χ0n) is 11.3. The Hall–Kier alpha value is -1.54. The standard InChI is InChI=1S/C16H20N2/c1-11-10-18(3)12(2)8-14(11)15-9-17-16-7-5-4-6-13(15)16/h4-7,9,12,17H,8,10H2,1-3H3/t12-/m1/s1. The highest BCUT2D eigenvalue weighted by molar-refractivity contribution is 5.93. The third-order valence-corrected chi connectivity index (χ3v) is 4.17. The molecule has 0 amide bonds. The highest BCUT2D eigenvalue weighted by Crippen LogP contribution is 2.34. The number of nitrogens with zero attached hydrogens (tertiary/aromatic N) is 1. The first-order chi connectivity index (χ1) is 8.66. The van der Waals surface area contributed by atoms with Crippen molar-refractivity contribution in [3.8, 4) is 0 Å². The molecule has 1 aliphatic heterocycles. The van der Waals surface area contributed by atoms with Crippen LogP contribution in [0.15, 0.2) is 36.0 Å². The molecule has 1 aromatic heterocycles. The van der Waals surface area contributed by atoms with Crippen molar-refractivity contribution in [2.75, 3.05) is 13.6 Å². The molecule has 0 saturated heterocycles. The Labute approximate surface area is 108 Å². The van der Waals surface area contributed by atoms with E-state index in [1.807, 2.05) is 0 Å². The van der Waals surface area contributed by atoms with E-state index in [2.05, 4.69) is 61.2 Å². The fourth-order valence-electron chi connectivity index (χ4n) is 2.91. The highest BCUT2D eigenvalue weighted by Gasteiger charge is 2.22. The van der Waals surface area contributed by atoms with E-state index >= 15 is 0 Å². The van der Waals surface area contributed by atoms with Gasteiger partial charge in [0.15, 0.2) is 0 Å². The molecule has 0 spiro atoms. The second kappa shape index (κ2) is 4.29. The van der Waals surface area contributed by atoms with Crippen LogP contribution in [0.3, 0.4) is 0 Å². The predicted molar refractivity (Wildman–Crippen MR) is 77.6 cm³/mol. The van der Waals surface area contributed by atoms with E-state index in [9.17, 15) is 0 Å². The van der Waals surface area contributed by atoms with E-state index < -0.39 is 0 Å². The molecule has 0 radical (unpaired) electrons. The minimum absolute atomic E-state index is 0.623. The molecule has 18 heavy (non-hydrogen) atoms. The van der Waals surface area contributed by atoms with Gasteiger partial charge in [0.2, 0.25) is 0 Å². The van der Waals surface area contributed by atoms with Gasteiger partial charge in [-0.25, -0.2) is 0 Å². The van der Waals surface area contributed by atoms with E-state index in [0.29, 0.717) is 6.04 Å². The monoisotopic (exact) mass is 240 g/mol. The van der Waals surface area contributed by atoms with Crippen LogP contribution < -0.4 is 0 Å². The molecular formula is C16H20N2. The summed E-state index contributed by atoms with van der Waals surface area (Å²) < 4.78 is 0. The molecule has 94 valence electrons. The molecule has 2 aromatic rings. The first-order valence-corrected chi connectivity index (χ1v) is 6.62. The van der Waals surface area contributed by atoms with Crippen molar-refractivity contribution in [2.24, 2.45) is 0 Å². The maximum Gasteiger partial charge on any atom is 0.0460 e. The summed E-state index contributed by atoms with van der Waals surface area (Å²) in [5, 5.41) is 1.35. The Morgan fingerprint density at radius 1 is 1.28 bits per heavy atom. The molecule has 1 aromatic carbocycles. The van der Waals surface area contributed by atoms with E-state index in [4.69, 9.17) is 0 Å². The molecule has 1 N–H and O–H groups in total. The molecule has 2 heteroatoms. The SMILES string of the molecule is CC1=C(c2c[nH]c3ccccc23)C[C@@H](C)N(C)C1. The topological polar surface area (TPSA) is 19.0 Å². The van der Waals surface area contributed by atoms with Gasteiger partial charge in [0.05, 0.1) is 0 Å². The van der Waals surface area contributed by atoms with Crippen LogP contribution >= 0.6 is 0 Å². The van der Waals surface area contributed by atoms with Crippen LogP contribution in [0, 0.1) is 0 Å². The fourth-order valence-corrected chi connectivity index (χ4v) is 2.91. The lowest BCUT2D eigenvalue weighted by Gasteiger charge is -2.32. The minimum Gasteiger partial charge on any atom is -0.361 e. The third-order valence-electron chi connectivity index (χ3n) is 4.17. The van der Waals surface area contributed by atoms with Crippen LogP contribution in [0.5, 0.6) is 0 Å². The van der Waals surface area contributed by atoms with E-state index in [1.54, 1.807) is 0 Å². The summed E-state index contributed by atoms with van der Waals surface area (Å²) in [6.45, 7) is 5.65. The minimum atomic E-state index is 0.623. The van der Waals surface area contributed by atoms with E-state index in [0.717, 1.165) is 13.0 Å². The Balaban J connectivity index is 2.12. The number of likely N-dealkylation sites (N-methyl/N-ethyl adjacent to an activating group) is 1. The number of aromatic amines is 1. The number of hydrogen-bond donors (Lipinski definition) is 1. The van der Waals surface area contributed by atoms with Gasteiger partial charge in [-0.3, -0.25) is 4.90 Å². The number of aromatic nitrogens is 1. The largest absolute Gasteiger partial charge is 0.361 e. The van der Waals surface area contributed by atoms with Gasteiger partial charge in [-0.15, -0.1) is 0 Å². The van der Waals surface area contributed by atoms with Crippen molar-refractivity contribution in [2.45, 2.75) is 26.3 Å². The lowest BCUT2D eigenvalue weighted by Crippen LogP contribution is -2.34. The molecule has 0 aliphatic carbocycles. The molecule has 0 saturated carbocycles. The quantitative estimate of drug-likeness (QED) is 0.806. The fraction of sp³-hybridized carbons (Fsp3) is 0.375. The zero-order chi connectivity index (χ0) is 12.7. The molecule has 3 rings (SSSR count). The average molecular weight is 240 g/mol. The summed E-state index contributed by atoms with van der Waals surface area (Å²) in [5.41, 5.74) is 5.65. The molecule has 1 aliphatic rings.